The van der Waals surface area contributed by atoms with Crippen molar-refractivity contribution in [3.05, 3.63) is 12.2 Å². The molecule has 0 heterocycles. The van der Waals surface area contributed by atoms with Gasteiger partial charge in [0.15, 0.2) is 0 Å². The lowest BCUT2D eigenvalue weighted by atomic mass is 9.92. The minimum Gasteiger partial charge on any atom is -0.466 e. The number of rotatable bonds is 8. The first kappa shape index (κ1) is 15.2. The molecule has 1 unspecified atom stereocenters. The number of unbranched alkanes of at least 4 members (excludes halogenated alkanes) is 2. The van der Waals surface area contributed by atoms with Crippen molar-refractivity contribution in [3.8, 4) is 0 Å². The van der Waals surface area contributed by atoms with Crippen LogP contribution >= 0.6 is 0 Å². The Hall–Kier alpha value is -0.830. The summed E-state index contributed by atoms with van der Waals surface area (Å²) in [5, 5.41) is 10.2. The summed E-state index contributed by atoms with van der Waals surface area (Å²) in [4.78, 5) is 11.4. The van der Waals surface area contributed by atoms with Gasteiger partial charge in [0.2, 0.25) is 0 Å². The van der Waals surface area contributed by atoms with Crippen LogP contribution in [-0.4, -0.2) is 23.3 Å². The second-order valence-electron chi connectivity index (χ2n) is 4.04. The molecule has 0 aromatic carbocycles. The van der Waals surface area contributed by atoms with Gasteiger partial charge < -0.3 is 9.84 Å². The van der Waals surface area contributed by atoms with E-state index in [4.69, 9.17) is 4.74 Å². The zero-order chi connectivity index (χ0) is 12.4. The molecule has 0 aromatic rings. The van der Waals surface area contributed by atoms with Gasteiger partial charge in [0.25, 0.3) is 0 Å². The van der Waals surface area contributed by atoms with Crippen LogP contribution in [0.25, 0.3) is 0 Å². The average molecular weight is 228 g/mol. The summed E-state index contributed by atoms with van der Waals surface area (Å²) in [6.07, 6.45) is 7.24. The maximum Gasteiger partial charge on any atom is 0.309 e. The molecule has 0 amide bonds. The molecule has 0 bridgehead atoms. The van der Waals surface area contributed by atoms with Gasteiger partial charge in [0, 0.05) is 0 Å². The van der Waals surface area contributed by atoms with Gasteiger partial charge in [0.1, 0.15) is 0 Å². The van der Waals surface area contributed by atoms with Crippen LogP contribution < -0.4 is 0 Å². The van der Waals surface area contributed by atoms with Gasteiger partial charge in [0.05, 0.1) is 18.6 Å². The van der Waals surface area contributed by atoms with Gasteiger partial charge in [-0.15, -0.1) is 0 Å². The number of carbonyl (C=O) groups is 1. The smallest absolute Gasteiger partial charge is 0.309 e. The minimum atomic E-state index is -1.03. The summed E-state index contributed by atoms with van der Waals surface area (Å²) >= 11 is 0. The molecule has 0 rings (SSSR count). The maximum atomic E-state index is 11.4. The van der Waals surface area contributed by atoms with Crippen molar-refractivity contribution >= 4 is 5.97 Å². The second-order valence-corrected chi connectivity index (χ2v) is 4.04. The molecule has 3 heteroatoms. The Kier molecular flexibility index (Phi) is 7.90. The first-order chi connectivity index (χ1) is 7.58. The molecule has 0 aromatic heterocycles. The molecule has 0 aliphatic rings. The highest BCUT2D eigenvalue weighted by Gasteiger charge is 2.26. The zero-order valence-electron chi connectivity index (χ0n) is 10.7. The number of allylic oxidation sites excluding steroid dienone is 1. The van der Waals surface area contributed by atoms with Crippen LogP contribution in [-0.2, 0) is 9.53 Å². The molecule has 3 nitrogen and oxygen atoms in total. The van der Waals surface area contributed by atoms with Crippen LogP contribution in [0.1, 0.15) is 52.9 Å². The van der Waals surface area contributed by atoms with Crippen molar-refractivity contribution in [1.29, 1.82) is 0 Å². The monoisotopic (exact) mass is 228 g/mol. The third-order valence-electron chi connectivity index (χ3n) is 2.45. The zero-order valence-corrected chi connectivity index (χ0v) is 10.7. The lowest BCUT2D eigenvalue weighted by Gasteiger charge is -2.23. The van der Waals surface area contributed by atoms with Crippen molar-refractivity contribution < 1.29 is 14.6 Å². The highest BCUT2D eigenvalue weighted by Crippen LogP contribution is 2.21. The molecule has 16 heavy (non-hydrogen) atoms. The lowest BCUT2D eigenvalue weighted by Crippen LogP contribution is -2.30. The molecule has 0 radical (unpaired) electrons. The number of aliphatic hydroxyl groups is 1. The van der Waals surface area contributed by atoms with E-state index in [1.807, 2.05) is 6.92 Å². The molecular formula is C13H24O3. The topological polar surface area (TPSA) is 46.5 Å². The predicted octanol–water partition coefficient (Wildman–Crippen LogP) is 2.83. The number of hydrogen-bond acceptors (Lipinski definition) is 3. The first-order valence-electron chi connectivity index (χ1n) is 6.09. The Labute approximate surface area is 98.5 Å². The molecule has 0 saturated carbocycles. The van der Waals surface area contributed by atoms with Gasteiger partial charge >= 0.3 is 5.97 Å². The van der Waals surface area contributed by atoms with Gasteiger partial charge in [-0.3, -0.25) is 4.79 Å². The average Bonchev–Trinajstić information content (AvgIpc) is 2.18. The van der Waals surface area contributed by atoms with E-state index in [1.54, 1.807) is 19.1 Å². The third kappa shape index (κ3) is 6.62. The lowest BCUT2D eigenvalue weighted by molar-refractivity contribution is -0.147. The van der Waals surface area contributed by atoms with E-state index in [1.165, 1.54) is 0 Å². The molecule has 94 valence electrons. The standard InChI is InChI=1S/C13H24O3/c1-4-7-8-10-13(15,9-5-2)11-12(14)16-6-3/h5,9,15H,4,6-8,10-11H2,1-3H3/b9-5+. The largest absolute Gasteiger partial charge is 0.466 e. The normalized spacial score (nSPS) is 15.0. The summed E-state index contributed by atoms with van der Waals surface area (Å²) < 4.78 is 4.86. The minimum absolute atomic E-state index is 0.0505. The van der Waals surface area contributed by atoms with E-state index in [9.17, 15) is 9.90 Å². The fraction of sp³-hybridized carbons (Fsp3) is 0.769. The Morgan fingerprint density at radius 1 is 1.38 bits per heavy atom. The fourth-order valence-electron chi connectivity index (χ4n) is 1.68. The number of carbonyl (C=O) groups excluding carboxylic acids is 1. The molecule has 0 aliphatic heterocycles. The molecule has 1 atom stereocenters. The van der Waals surface area contributed by atoms with Gasteiger partial charge in [-0.25, -0.2) is 0 Å². The van der Waals surface area contributed by atoms with Crippen molar-refractivity contribution in [3.63, 3.8) is 0 Å². The third-order valence-corrected chi connectivity index (χ3v) is 2.45. The second kappa shape index (κ2) is 8.34. The predicted molar refractivity (Wildman–Crippen MR) is 65.2 cm³/mol. The molecule has 0 aliphatic carbocycles. The SMILES string of the molecule is C/C=C/C(O)(CCCCC)CC(=O)OCC. The quantitative estimate of drug-likeness (QED) is 0.395. The van der Waals surface area contributed by atoms with Crippen molar-refractivity contribution in [2.45, 2.75) is 58.5 Å². The maximum absolute atomic E-state index is 11.4. The van der Waals surface area contributed by atoms with Crippen LogP contribution in [0.3, 0.4) is 0 Å². The fourth-order valence-corrected chi connectivity index (χ4v) is 1.68. The van der Waals surface area contributed by atoms with Gasteiger partial charge in [-0.1, -0.05) is 38.3 Å². The van der Waals surface area contributed by atoms with E-state index in [0.29, 0.717) is 13.0 Å². The van der Waals surface area contributed by atoms with Gasteiger partial charge in [-0.2, -0.15) is 0 Å². The van der Waals surface area contributed by atoms with Crippen molar-refractivity contribution in [2.75, 3.05) is 6.61 Å². The Bertz CT molecular complexity index is 223. The molecule has 1 N–H and O–H groups in total. The van der Waals surface area contributed by atoms with E-state index in [-0.39, 0.29) is 12.4 Å². The Balaban J connectivity index is 4.26. The van der Waals surface area contributed by atoms with Crippen molar-refractivity contribution in [1.82, 2.24) is 0 Å². The molecule has 0 saturated heterocycles. The number of ether oxygens (including phenoxy) is 1. The molecular weight excluding hydrogens is 204 g/mol. The molecule has 0 spiro atoms. The highest BCUT2D eigenvalue weighted by atomic mass is 16.5. The van der Waals surface area contributed by atoms with Crippen LogP contribution in [0.15, 0.2) is 12.2 Å². The van der Waals surface area contributed by atoms with Crippen LogP contribution in [0.4, 0.5) is 0 Å². The summed E-state index contributed by atoms with van der Waals surface area (Å²) in [5.74, 6) is -0.334. The summed E-state index contributed by atoms with van der Waals surface area (Å²) in [6.45, 7) is 6.08. The Morgan fingerprint density at radius 3 is 2.56 bits per heavy atom. The first-order valence-corrected chi connectivity index (χ1v) is 6.09. The highest BCUT2D eigenvalue weighted by molar-refractivity contribution is 5.71. The number of esters is 1. The summed E-state index contributed by atoms with van der Waals surface area (Å²) in [5.41, 5.74) is -1.03. The van der Waals surface area contributed by atoms with Crippen LogP contribution in [0, 0.1) is 0 Å². The molecule has 0 fully saturated rings. The summed E-state index contributed by atoms with van der Waals surface area (Å²) in [7, 11) is 0. The van der Waals surface area contributed by atoms with Crippen LogP contribution in [0.2, 0.25) is 0 Å². The van der Waals surface area contributed by atoms with Gasteiger partial charge in [-0.05, 0) is 20.3 Å². The number of hydrogen-bond donors (Lipinski definition) is 1. The van der Waals surface area contributed by atoms with Crippen molar-refractivity contribution in [2.24, 2.45) is 0 Å². The van der Waals surface area contributed by atoms with E-state index in [0.717, 1.165) is 19.3 Å². The Morgan fingerprint density at radius 2 is 2.06 bits per heavy atom. The van der Waals surface area contributed by atoms with E-state index < -0.39 is 5.60 Å². The van der Waals surface area contributed by atoms with E-state index in [2.05, 4.69) is 6.92 Å². The van der Waals surface area contributed by atoms with E-state index >= 15 is 0 Å². The van der Waals surface area contributed by atoms with Crippen LogP contribution in [0.5, 0.6) is 0 Å². The summed E-state index contributed by atoms with van der Waals surface area (Å²) in [6, 6.07) is 0.